The number of hydrogen-bond donors (Lipinski definition) is 1. The van der Waals surface area contributed by atoms with Crippen molar-refractivity contribution >= 4 is 17.2 Å². The van der Waals surface area contributed by atoms with Gasteiger partial charge in [0.1, 0.15) is 12.7 Å². The van der Waals surface area contributed by atoms with Crippen LogP contribution in [0, 0.1) is 0 Å². The van der Waals surface area contributed by atoms with Crippen LogP contribution in [0.3, 0.4) is 0 Å². The van der Waals surface area contributed by atoms with Gasteiger partial charge in [-0.1, -0.05) is 6.07 Å². The number of rotatable bonds is 5. The largest absolute Gasteiger partial charge is 0.349 e. The average molecular weight is 250 g/mol. The van der Waals surface area contributed by atoms with Gasteiger partial charge in [-0.2, -0.15) is 5.10 Å². The molecule has 2 aromatic rings. The topological polar surface area (TPSA) is 59.8 Å². The molecule has 6 heteroatoms. The van der Waals surface area contributed by atoms with Crippen LogP contribution >= 0.6 is 11.3 Å². The van der Waals surface area contributed by atoms with Crippen LogP contribution in [0.25, 0.3) is 0 Å². The smallest absolute Gasteiger partial charge is 0.222 e. The molecule has 0 radical (unpaired) electrons. The Morgan fingerprint density at radius 1 is 1.65 bits per heavy atom. The lowest BCUT2D eigenvalue weighted by Gasteiger charge is -2.11. The van der Waals surface area contributed by atoms with E-state index in [1.54, 1.807) is 22.3 Å². The first kappa shape index (κ1) is 11.8. The van der Waals surface area contributed by atoms with Gasteiger partial charge >= 0.3 is 0 Å². The molecular formula is C11H14N4OS. The maximum atomic E-state index is 11.7. The van der Waals surface area contributed by atoms with E-state index < -0.39 is 0 Å². The molecule has 2 heterocycles. The molecule has 0 saturated heterocycles. The second-order valence-corrected chi connectivity index (χ2v) is 4.69. The number of carbonyl (C=O) groups is 1. The fourth-order valence-electron chi connectivity index (χ4n) is 1.49. The summed E-state index contributed by atoms with van der Waals surface area (Å²) in [6.45, 7) is 2.54. The Morgan fingerprint density at radius 3 is 3.18 bits per heavy atom. The number of nitrogens with one attached hydrogen (secondary N) is 1. The van der Waals surface area contributed by atoms with E-state index in [1.807, 2.05) is 24.4 Å². The molecular weight excluding hydrogens is 236 g/mol. The highest BCUT2D eigenvalue weighted by molar-refractivity contribution is 7.10. The quantitative estimate of drug-likeness (QED) is 0.877. The summed E-state index contributed by atoms with van der Waals surface area (Å²) >= 11 is 1.65. The van der Waals surface area contributed by atoms with Gasteiger partial charge in [0.05, 0.1) is 12.6 Å². The molecule has 0 aliphatic heterocycles. The summed E-state index contributed by atoms with van der Waals surface area (Å²) in [7, 11) is 0. The highest BCUT2D eigenvalue weighted by Crippen LogP contribution is 2.17. The van der Waals surface area contributed by atoms with Crippen LogP contribution in [0.2, 0.25) is 0 Å². The molecule has 0 saturated carbocycles. The number of hydrogen-bond acceptors (Lipinski definition) is 4. The maximum absolute atomic E-state index is 11.7. The summed E-state index contributed by atoms with van der Waals surface area (Å²) in [6, 6.07) is 4.07. The molecule has 1 unspecified atom stereocenters. The van der Waals surface area contributed by atoms with Gasteiger partial charge < -0.3 is 5.32 Å². The van der Waals surface area contributed by atoms with Crippen molar-refractivity contribution in [2.24, 2.45) is 0 Å². The number of aryl methyl sites for hydroxylation is 1. The number of amides is 1. The van der Waals surface area contributed by atoms with Crippen molar-refractivity contribution in [1.82, 2.24) is 20.1 Å². The third kappa shape index (κ3) is 3.39. The average Bonchev–Trinajstić information content (AvgIpc) is 2.99. The molecule has 2 rings (SSSR count). The van der Waals surface area contributed by atoms with Crippen molar-refractivity contribution in [2.45, 2.75) is 25.9 Å². The van der Waals surface area contributed by atoms with E-state index in [0.29, 0.717) is 13.0 Å². The highest BCUT2D eigenvalue weighted by Gasteiger charge is 2.10. The number of nitrogens with zero attached hydrogens (tertiary/aromatic N) is 3. The van der Waals surface area contributed by atoms with Crippen molar-refractivity contribution < 1.29 is 4.79 Å². The maximum Gasteiger partial charge on any atom is 0.222 e. The van der Waals surface area contributed by atoms with Crippen LogP contribution in [-0.4, -0.2) is 20.7 Å². The SMILES string of the molecule is CC(NC(=O)CCn1cncn1)c1cccs1. The monoisotopic (exact) mass is 250 g/mol. The van der Waals surface area contributed by atoms with Gasteiger partial charge in [0.2, 0.25) is 5.91 Å². The van der Waals surface area contributed by atoms with Gasteiger partial charge in [-0.3, -0.25) is 9.48 Å². The van der Waals surface area contributed by atoms with Crippen LogP contribution in [0.15, 0.2) is 30.2 Å². The summed E-state index contributed by atoms with van der Waals surface area (Å²) in [5.74, 6) is 0.0291. The Bertz CT molecular complexity index is 452. The second-order valence-electron chi connectivity index (χ2n) is 3.71. The number of aromatic nitrogens is 3. The first-order valence-electron chi connectivity index (χ1n) is 5.41. The van der Waals surface area contributed by atoms with Crippen molar-refractivity contribution in [3.05, 3.63) is 35.0 Å². The van der Waals surface area contributed by atoms with Gasteiger partial charge in [0.15, 0.2) is 0 Å². The fraction of sp³-hybridized carbons (Fsp3) is 0.364. The third-order valence-corrected chi connectivity index (χ3v) is 3.44. The minimum Gasteiger partial charge on any atom is -0.349 e. The summed E-state index contributed by atoms with van der Waals surface area (Å²) in [4.78, 5) is 16.7. The van der Waals surface area contributed by atoms with E-state index in [0.717, 1.165) is 0 Å². The first-order valence-corrected chi connectivity index (χ1v) is 6.29. The summed E-state index contributed by atoms with van der Waals surface area (Å²) in [5.41, 5.74) is 0. The van der Waals surface area contributed by atoms with Gasteiger partial charge in [-0.25, -0.2) is 4.98 Å². The zero-order valence-electron chi connectivity index (χ0n) is 9.54. The molecule has 1 amide bonds. The molecule has 0 spiro atoms. The molecule has 0 aliphatic rings. The Balaban J connectivity index is 1.77. The lowest BCUT2D eigenvalue weighted by Crippen LogP contribution is -2.27. The molecule has 0 bridgehead atoms. The van der Waals surface area contributed by atoms with Crippen molar-refractivity contribution in [3.63, 3.8) is 0 Å². The van der Waals surface area contributed by atoms with E-state index in [-0.39, 0.29) is 11.9 Å². The molecule has 2 aromatic heterocycles. The molecule has 5 nitrogen and oxygen atoms in total. The minimum absolute atomic E-state index is 0.0291. The fourth-order valence-corrected chi connectivity index (χ4v) is 2.22. The molecule has 1 N–H and O–H groups in total. The zero-order chi connectivity index (χ0) is 12.1. The van der Waals surface area contributed by atoms with E-state index in [1.165, 1.54) is 11.2 Å². The molecule has 17 heavy (non-hydrogen) atoms. The van der Waals surface area contributed by atoms with E-state index >= 15 is 0 Å². The predicted molar refractivity (Wildman–Crippen MR) is 65.5 cm³/mol. The lowest BCUT2D eigenvalue weighted by atomic mass is 10.2. The molecule has 0 aromatic carbocycles. The van der Waals surface area contributed by atoms with Gasteiger partial charge in [-0.15, -0.1) is 11.3 Å². The van der Waals surface area contributed by atoms with Crippen LogP contribution in [0.5, 0.6) is 0 Å². The van der Waals surface area contributed by atoms with Crippen LogP contribution in [-0.2, 0) is 11.3 Å². The Morgan fingerprint density at radius 2 is 2.53 bits per heavy atom. The lowest BCUT2D eigenvalue weighted by molar-refractivity contribution is -0.122. The second kappa shape index (κ2) is 5.58. The van der Waals surface area contributed by atoms with E-state index in [2.05, 4.69) is 15.4 Å². The number of thiophene rings is 1. The third-order valence-electron chi connectivity index (χ3n) is 2.38. The summed E-state index contributed by atoms with van der Waals surface area (Å²) < 4.78 is 1.65. The van der Waals surface area contributed by atoms with Crippen molar-refractivity contribution in [2.75, 3.05) is 0 Å². The van der Waals surface area contributed by atoms with Crippen LogP contribution < -0.4 is 5.32 Å². The minimum atomic E-state index is 0.0291. The zero-order valence-corrected chi connectivity index (χ0v) is 10.4. The van der Waals surface area contributed by atoms with Crippen molar-refractivity contribution in [3.8, 4) is 0 Å². The standard InChI is InChI=1S/C11H14N4OS/c1-9(10-3-2-6-17-10)14-11(16)4-5-15-8-12-7-13-15/h2-3,6-9H,4-5H2,1H3,(H,14,16). The van der Waals surface area contributed by atoms with Gasteiger partial charge in [0.25, 0.3) is 0 Å². The van der Waals surface area contributed by atoms with E-state index in [4.69, 9.17) is 0 Å². The number of carbonyl (C=O) groups excluding carboxylic acids is 1. The summed E-state index contributed by atoms with van der Waals surface area (Å²) in [5, 5.41) is 8.91. The highest BCUT2D eigenvalue weighted by atomic mass is 32.1. The normalized spacial score (nSPS) is 12.3. The Hall–Kier alpha value is -1.69. The molecule has 1 atom stereocenters. The molecule has 90 valence electrons. The van der Waals surface area contributed by atoms with Crippen LogP contribution in [0.1, 0.15) is 24.3 Å². The van der Waals surface area contributed by atoms with Gasteiger partial charge in [0, 0.05) is 11.3 Å². The van der Waals surface area contributed by atoms with Gasteiger partial charge in [-0.05, 0) is 18.4 Å². The molecule has 0 aliphatic carbocycles. The molecule has 0 fully saturated rings. The van der Waals surface area contributed by atoms with E-state index in [9.17, 15) is 4.79 Å². The Labute approximate surface area is 103 Å². The van der Waals surface area contributed by atoms with Crippen LogP contribution in [0.4, 0.5) is 0 Å². The summed E-state index contributed by atoms with van der Waals surface area (Å²) in [6.07, 6.45) is 3.49. The predicted octanol–water partition coefficient (Wildman–Crippen LogP) is 1.61. The van der Waals surface area contributed by atoms with Crippen molar-refractivity contribution in [1.29, 1.82) is 0 Å². The Kier molecular flexibility index (Phi) is 3.87. The first-order chi connectivity index (χ1) is 8.25.